The number of oxazole rings is 1. The lowest BCUT2D eigenvalue weighted by atomic mass is 10.2. The zero-order valence-electron chi connectivity index (χ0n) is 11.8. The number of methoxy groups -OCH3 is 1. The molecule has 1 aromatic heterocycles. The Morgan fingerprint density at radius 3 is 2.75 bits per heavy atom. The fourth-order valence-corrected chi connectivity index (χ4v) is 2.61. The van der Waals surface area contributed by atoms with Crippen molar-refractivity contribution in [3.05, 3.63) is 41.8 Å². The maximum Gasteiger partial charge on any atom is 0.318 e. The van der Waals surface area contributed by atoms with Crippen LogP contribution in [0.2, 0.25) is 0 Å². The molecule has 1 heterocycles. The highest BCUT2D eigenvalue weighted by atomic mass is 32.2. The van der Waals surface area contributed by atoms with Crippen molar-refractivity contribution in [3.63, 3.8) is 0 Å². The fraction of sp³-hybridized carbons (Fsp3) is 0.333. The molecule has 106 valence electrons. The molecule has 0 aliphatic carbocycles. The van der Waals surface area contributed by atoms with E-state index in [1.165, 1.54) is 18.9 Å². The van der Waals surface area contributed by atoms with E-state index in [-0.39, 0.29) is 11.2 Å². The van der Waals surface area contributed by atoms with Crippen LogP contribution in [0.15, 0.2) is 34.7 Å². The lowest BCUT2D eigenvalue weighted by Crippen LogP contribution is -2.14. The first kappa shape index (κ1) is 14.7. The Morgan fingerprint density at radius 1 is 1.40 bits per heavy atom. The Bertz CT molecular complexity index is 580. The Morgan fingerprint density at radius 2 is 2.10 bits per heavy atom. The van der Waals surface area contributed by atoms with E-state index in [0.29, 0.717) is 11.6 Å². The largest absolute Gasteiger partial charge is 0.468 e. The third kappa shape index (κ3) is 3.42. The summed E-state index contributed by atoms with van der Waals surface area (Å²) in [5.41, 5.74) is 1.82. The van der Waals surface area contributed by atoms with Crippen LogP contribution in [0.4, 0.5) is 0 Å². The summed E-state index contributed by atoms with van der Waals surface area (Å²) >= 11 is 1.49. The molecule has 1 aromatic carbocycles. The van der Waals surface area contributed by atoms with Gasteiger partial charge in [0.2, 0.25) is 5.89 Å². The summed E-state index contributed by atoms with van der Waals surface area (Å²) in [6, 6.07) is 9.76. The molecule has 0 aliphatic heterocycles. The summed E-state index contributed by atoms with van der Waals surface area (Å²) in [7, 11) is 1.40. The van der Waals surface area contributed by atoms with Gasteiger partial charge in [0.15, 0.2) is 0 Å². The van der Waals surface area contributed by atoms with Gasteiger partial charge in [-0.05, 0) is 26.0 Å². The zero-order valence-corrected chi connectivity index (χ0v) is 12.6. The first-order chi connectivity index (χ1) is 9.61. The van der Waals surface area contributed by atoms with Crippen LogP contribution in [0, 0.1) is 6.92 Å². The number of hydrogen-bond acceptors (Lipinski definition) is 5. The molecule has 0 amide bonds. The average molecular weight is 291 g/mol. The van der Waals surface area contributed by atoms with Crippen LogP contribution < -0.4 is 0 Å². The summed E-state index contributed by atoms with van der Waals surface area (Å²) in [5.74, 6) is 1.80. The van der Waals surface area contributed by atoms with E-state index in [1.54, 1.807) is 0 Å². The minimum Gasteiger partial charge on any atom is -0.468 e. The van der Waals surface area contributed by atoms with E-state index in [1.807, 2.05) is 44.2 Å². The molecule has 1 unspecified atom stereocenters. The number of aryl methyl sites for hydroxylation is 1. The average Bonchev–Trinajstić information content (AvgIpc) is 2.86. The Balaban J connectivity index is 2.07. The van der Waals surface area contributed by atoms with Crippen LogP contribution in [0.5, 0.6) is 0 Å². The molecular formula is C15H17NO3S. The molecule has 0 spiro atoms. The Kier molecular flexibility index (Phi) is 4.84. The van der Waals surface area contributed by atoms with Gasteiger partial charge in [-0.15, -0.1) is 11.8 Å². The van der Waals surface area contributed by atoms with Crippen molar-refractivity contribution < 1.29 is 13.9 Å². The molecule has 2 aromatic rings. The lowest BCUT2D eigenvalue weighted by molar-refractivity contribution is -0.139. The van der Waals surface area contributed by atoms with Gasteiger partial charge in [-0.2, -0.15) is 0 Å². The van der Waals surface area contributed by atoms with Crippen molar-refractivity contribution in [1.82, 2.24) is 4.98 Å². The summed E-state index contributed by atoms with van der Waals surface area (Å²) in [4.78, 5) is 15.9. The van der Waals surface area contributed by atoms with Gasteiger partial charge in [0.1, 0.15) is 5.76 Å². The molecule has 0 radical (unpaired) electrons. The van der Waals surface area contributed by atoms with Gasteiger partial charge >= 0.3 is 5.97 Å². The number of nitrogens with zero attached hydrogens (tertiary/aromatic N) is 1. The van der Waals surface area contributed by atoms with Crippen molar-refractivity contribution in [2.24, 2.45) is 0 Å². The second-order valence-electron chi connectivity index (χ2n) is 4.36. The minimum absolute atomic E-state index is 0.212. The van der Waals surface area contributed by atoms with Gasteiger partial charge in [-0.25, -0.2) is 4.98 Å². The van der Waals surface area contributed by atoms with E-state index in [0.717, 1.165) is 17.0 Å². The van der Waals surface area contributed by atoms with Gasteiger partial charge in [0.05, 0.1) is 18.1 Å². The molecule has 0 saturated carbocycles. The topological polar surface area (TPSA) is 52.3 Å². The molecule has 4 nitrogen and oxygen atoms in total. The number of carbonyl (C=O) groups is 1. The summed E-state index contributed by atoms with van der Waals surface area (Å²) in [6.45, 7) is 3.71. The molecule has 5 heteroatoms. The second-order valence-corrected chi connectivity index (χ2v) is 5.69. The third-order valence-corrected chi connectivity index (χ3v) is 4.05. The predicted octanol–water partition coefficient (Wildman–Crippen LogP) is 3.44. The smallest absolute Gasteiger partial charge is 0.318 e. The van der Waals surface area contributed by atoms with Gasteiger partial charge in [0, 0.05) is 11.3 Å². The maximum absolute atomic E-state index is 11.4. The molecule has 0 N–H and O–H groups in total. The number of benzene rings is 1. The molecular weight excluding hydrogens is 274 g/mol. The Labute approximate surface area is 122 Å². The van der Waals surface area contributed by atoms with Crippen LogP contribution in [0.3, 0.4) is 0 Å². The molecule has 0 bridgehead atoms. The molecule has 0 fully saturated rings. The van der Waals surface area contributed by atoms with E-state index in [4.69, 9.17) is 9.15 Å². The number of aromatic nitrogens is 1. The SMILES string of the molecule is COC(=O)C(C)SCc1nc(-c2ccccc2)oc1C. The van der Waals surface area contributed by atoms with Crippen LogP contribution >= 0.6 is 11.8 Å². The third-order valence-electron chi connectivity index (χ3n) is 2.92. The number of esters is 1. The molecule has 20 heavy (non-hydrogen) atoms. The van der Waals surface area contributed by atoms with Crippen molar-refractivity contribution in [2.45, 2.75) is 24.9 Å². The molecule has 0 aliphatic rings. The van der Waals surface area contributed by atoms with Gasteiger partial charge in [-0.3, -0.25) is 4.79 Å². The van der Waals surface area contributed by atoms with Crippen LogP contribution in [0.25, 0.3) is 11.5 Å². The van der Waals surface area contributed by atoms with Crippen LogP contribution in [-0.4, -0.2) is 23.3 Å². The monoisotopic (exact) mass is 291 g/mol. The van der Waals surface area contributed by atoms with Crippen molar-refractivity contribution in [2.75, 3.05) is 7.11 Å². The van der Waals surface area contributed by atoms with E-state index < -0.39 is 0 Å². The Hall–Kier alpha value is -1.75. The highest BCUT2D eigenvalue weighted by Gasteiger charge is 2.17. The second kappa shape index (κ2) is 6.61. The number of carbonyl (C=O) groups excluding carboxylic acids is 1. The predicted molar refractivity (Wildman–Crippen MR) is 79.4 cm³/mol. The minimum atomic E-state index is -0.223. The van der Waals surface area contributed by atoms with E-state index >= 15 is 0 Å². The molecule has 1 atom stereocenters. The standard InChI is InChI=1S/C15H17NO3S/c1-10-13(9-20-11(2)15(17)18-3)16-14(19-10)12-7-5-4-6-8-12/h4-8,11H,9H2,1-3H3. The number of ether oxygens (including phenoxy) is 1. The highest BCUT2D eigenvalue weighted by molar-refractivity contribution is 7.99. The lowest BCUT2D eigenvalue weighted by Gasteiger charge is -2.07. The van der Waals surface area contributed by atoms with Crippen LogP contribution in [-0.2, 0) is 15.3 Å². The van der Waals surface area contributed by atoms with Crippen LogP contribution in [0.1, 0.15) is 18.4 Å². The van der Waals surface area contributed by atoms with Gasteiger partial charge in [-0.1, -0.05) is 18.2 Å². The van der Waals surface area contributed by atoms with Gasteiger partial charge in [0.25, 0.3) is 0 Å². The first-order valence-corrected chi connectivity index (χ1v) is 7.38. The summed E-state index contributed by atoms with van der Waals surface area (Å²) in [5, 5.41) is -0.212. The zero-order chi connectivity index (χ0) is 14.5. The highest BCUT2D eigenvalue weighted by Crippen LogP contribution is 2.25. The normalized spacial score (nSPS) is 12.2. The first-order valence-electron chi connectivity index (χ1n) is 6.33. The molecule has 0 saturated heterocycles. The van der Waals surface area contributed by atoms with Gasteiger partial charge < -0.3 is 9.15 Å². The molecule has 2 rings (SSSR count). The number of hydrogen-bond donors (Lipinski definition) is 0. The quantitative estimate of drug-likeness (QED) is 0.790. The van der Waals surface area contributed by atoms with E-state index in [9.17, 15) is 4.79 Å². The van der Waals surface area contributed by atoms with Crippen molar-refractivity contribution in [1.29, 1.82) is 0 Å². The van der Waals surface area contributed by atoms with Crippen molar-refractivity contribution >= 4 is 17.7 Å². The summed E-state index contributed by atoms with van der Waals surface area (Å²) in [6.07, 6.45) is 0. The fourth-order valence-electron chi connectivity index (χ4n) is 1.70. The summed E-state index contributed by atoms with van der Waals surface area (Å²) < 4.78 is 10.4. The number of rotatable bonds is 5. The number of thioether (sulfide) groups is 1. The van der Waals surface area contributed by atoms with E-state index in [2.05, 4.69) is 4.98 Å². The van der Waals surface area contributed by atoms with Crippen molar-refractivity contribution in [3.8, 4) is 11.5 Å². The maximum atomic E-state index is 11.4.